The molecule has 0 amide bonds. The van der Waals surface area contributed by atoms with Crippen LogP contribution in [0, 0.1) is 0 Å². The molecule has 1 fully saturated rings. The van der Waals surface area contributed by atoms with E-state index in [0.29, 0.717) is 0 Å². The minimum atomic E-state index is 0.127. The highest BCUT2D eigenvalue weighted by molar-refractivity contribution is 5.23. The van der Waals surface area contributed by atoms with Crippen molar-refractivity contribution in [3.8, 4) is 0 Å². The molecule has 3 rings (SSSR count). The largest absolute Gasteiger partial charge is 0.330 e. The second-order valence-electron chi connectivity index (χ2n) is 7.21. The second-order valence-corrected chi connectivity index (χ2v) is 7.21. The molecule has 1 saturated heterocycles. The van der Waals surface area contributed by atoms with Crippen LogP contribution in [0.5, 0.6) is 0 Å². The van der Waals surface area contributed by atoms with E-state index in [4.69, 9.17) is 4.98 Å². The molecule has 3 heterocycles. The summed E-state index contributed by atoms with van der Waals surface area (Å²) >= 11 is 0. The third-order valence-electron chi connectivity index (χ3n) is 4.50. The van der Waals surface area contributed by atoms with Crippen molar-refractivity contribution in [2.24, 2.45) is 0 Å². The highest BCUT2D eigenvalue weighted by atomic mass is 15.2. The summed E-state index contributed by atoms with van der Waals surface area (Å²) in [6, 6.07) is 0. The third kappa shape index (κ3) is 2.77. The first-order valence-electron chi connectivity index (χ1n) is 8.07. The number of hydrogen-bond acceptors (Lipinski definition) is 3. The molecule has 1 aromatic rings. The van der Waals surface area contributed by atoms with E-state index in [0.717, 1.165) is 26.1 Å². The van der Waals surface area contributed by atoms with Gasteiger partial charge in [-0.2, -0.15) is 0 Å². The molecule has 2 aliphatic rings. The Balaban J connectivity index is 1.84. The maximum atomic E-state index is 4.95. The predicted molar refractivity (Wildman–Crippen MR) is 82.0 cm³/mol. The Kier molecular flexibility index (Phi) is 3.87. The van der Waals surface area contributed by atoms with Crippen molar-refractivity contribution in [1.82, 2.24) is 19.8 Å². The number of likely N-dealkylation sites (tertiary alicyclic amines) is 1. The van der Waals surface area contributed by atoms with Gasteiger partial charge < -0.3 is 14.8 Å². The predicted octanol–water partition coefficient (Wildman–Crippen LogP) is 1.92. The van der Waals surface area contributed by atoms with Crippen molar-refractivity contribution in [2.75, 3.05) is 26.2 Å². The summed E-state index contributed by atoms with van der Waals surface area (Å²) in [7, 11) is 0. The van der Waals surface area contributed by atoms with Crippen LogP contribution < -0.4 is 5.32 Å². The first kappa shape index (κ1) is 14.1. The number of hydrogen-bond donors (Lipinski definition) is 1. The van der Waals surface area contributed by atoms with Gasteiger partial charge in [0.05, 0.1) is 5.69 Å². The quantitative estimate of drug-likeness (QED) is 0.915. The van der Waals surface area contributed by atoms with E-state index in [-0.39, 0.29) is 5.41 Å². The first-order valence-corrected chi connectivity index (χ1v) is 8.07. The molecule has 4 nitrogen and oxygen atoms in total. The molecule has 0 aliphatic carbocycles. The molecule has 0 unspecified atom stereocenters. The van der Waals surface area contributed by atoms with Crippen molar-refractivity contribution in [1.29, 1.82) is 0 Å². The van der Waals surface area contributed by atoms with Crippen molar-refractivity contribution in [3.63, 3.8) is 0 Å². The maximum absolute atomic E-state index is 4.95. The zero-order valence-corrected chi connectivity index (χ0v) is 13.2. The van der Waals surface area contributed by atoms with Crippen LogP contribution in [0.15, 0.2) is 0 Å². The highest BCUT2D eigenvalue weighted by Crippen LogP contribution is 2.26. The van der Waals surface area contributed by atoms with Crippen molar-refractivity contribution < 1.29 is 0 Å². The van der Waals surface area contributed by atoms with Gasteiger partial charge in [0.1, 0.15) is 5.82 Å². The second kappa shape index (κ2) is 5.49. The van der Waals surface area contributed by atoms with Crippen LogP contribution in [-0.2, 0) is 24.9 Å². The van der Waals surface area contributed by atoms with Gasteiger partial charge in [0, 0.05) is 43.7 Å². The molecule has 20 heavy (non-hydrogen) atoms. The highest BCUT2D eigenvalue weighted by Gasteiger charge is 2.27. The minimum Gasteiger partial charge on any atom is -0.330 e. The number of fused-ring (bicyclic) bond motifs is 1. The van der Waals surface area contributed by atoms with Crippen molar-refractivity contribution >= 4 is 0 Å². The summed E-state index contributed by atoms with van der Waals surface area (Å²) in [5.41, 5.74) is 2.89. The average molecular weight is 276 g/mol. The van der Waals surface area contributed by atoms with Gasteiger partial charge in [-0.05, 0) is 25.9 Å². The van der Waals surface area contributed by atoms with Crippen LogP contribution in [-0.4, -0.2) is 40.6 Å². The molecule has 2 aliphatic heterocycles. The van der Waals surface area contributed by atoms with Crippen LogP contribution in [0.4, 0.5) is 0 Å². The minimum absolute atomic E-state index is 0.127. The fraction of sp³-hybridized carbons (Fsp3) is 0.812. The van der Waals surface area contributed by atoms with Crippen molar-refractivity contribution in [3.05, 3.63) is 17.2 Å². The van der Waals surface area contributed by atoms with Crippen LogP contribution in [0.2, 0.25) is 0 Å². The van der Waals surface area contributed by atoms with E-state index in [1.54, 1.807) is 0 Å². The zero-order valence-electron chi connectivity index (χ0n) is 13.2. The number of nitrogens with one attached hydrogen (secondary N) is 1. The van der Waals surface area contributed by atoms with E-state index < -0.39 is 0 Å². The molecule has 0 saturated carbocycles. The number of nitrogens with zero attached hydrogens (tertiary/aromatic N) is 3. The van der Waals surface area contributed by atoms with E-state index in [9.17, 15) is 0 Å². The monoisotopic (exact) mass is 276 g/mol. The summed E-state index contributed by atoms with van der Waals surface area (Å²) in [5, 5.41) is 3.44. The van der Waals surface area contributed by atoms with Crippen LogP contribution >= 0.6 is 0 Å². The fourth-order valence-corrected chi connectivity index (χ4v) is 3.43. The Hall–Kier alpha value is -0.870. The van der Waals surface area contributed by atoms with Gasteiger partial charge in [-0.1, -0.05) is 20.8 Å². The maximum Gasteiger partial charge on any atom is 0.114 e. The average Bonchev–Trinajstić information content (AvgIpc) is 3.03. The lowest BCUT2D eigenvalue weighted by molar-refractivity contribution is 0.314. The van der Waals surface area contributed by atoms with Crippen LogP contribution in [0.25, 0.3) is 0 Å². The first-order chi connectivity index (χ1) is 9.55. The summed E-state index contributed by atoms with van der Waals surface area (Å²) in [6.07, 6.45) is 3.87. The molecule has 4 heteroatoms. The molecule has 0 atom stereocenters. The SMILES string of the molecule is CC(C)(C)c1nc2c(n1CCN1CCCC1)CCNC2. The van der Waals surface area contributed by atoms with E-state index in [1.807, 2.05) is 0 Å². The van der Waals surface area contributed by atoms with E-state index >= 15 is 0 Å². The van der Waals surface area contributed by atoms with Crippen molar-refractivity contribution in [2.45, 2.75) is 58.5 Å². The Morgan fingerprint density at radius 3 is 2.60 bits per heavy atom. The van der Waals surface area contributed by atoms with E-state index in [2.05, 4.69) is 35.6 Å². The molecule has 112 valence electrons. The summed E-state index contributed by atoms with van der Waals surface area (Å²) < 4.78 is 2.52. The van der Waals surface area contributed by atoms with Gasteiger partial charge in [0.15, 0.2) is 0 Å². The Morgan fingerprint density at radius 1 is 1.15 bits per heavy atom. The lowest BCUT2D eigenvalue weighted by Gasteiger charge is -2.24. The molecular weight excluding hydrogens is 248 g/mol. The molecular formula is C16H28N4. The Labute approximate surface area is 122 Å². The summed E-state index contributed by atoms with van der Waals surface area (Å²) in [5.74, 6) is 1.27. The third-order valence-corrected chi connectivity index (χ3v) is 4.50. The molecule has 0 radical (unpaired) electrons. The number of imidazole rings is 1. The Morgan fingerprint density at radius 2 is 1.90 bits per heavy atom. The molecule has 0 spiro atoms. The van der Waals surface area contributed by atoms with Gasteiger partial charge in [0.25, 0.3) is 0 Å². The number of rotatable bonds is 3. The standard InChI is InChI=1S/C16H28N4/c1-16(2,3)15-18-13-12-17-7-6-14(13)20(15)11-10-19-8-4-5-9-19/h17H,4-12H2,1-3H3. The molecule has 0 aromatic carbocycles. The Bertz CT molecular complexity index is 464. The van der Waals surface area contributed by atoms with Gasteiger partial charge in [-0.15, -0.1) is 0 Å². The zero-order chi connectivity index (χ0) is 14.2. The van der Waals surface area contributed by atoms with Crippen LogP contribution in [0.1, 0.15) is 50.8 Å². The van der Waals surface area contributed by atoms with Gasteiger partial charge >= 0.3 is 0 Å². The topological polar surface area (TPSA) is 33.1 Å². The van der Waals surface area contributed by atoms with Gasteiger partial charge in [0.2, 0.25) is 0 Å². The van der Waals surface area contributed by atoms with Gasteiger partial charge in [-0.25, -0.2) is 4.98 Å². The molecule has 1 N–H and O–H groups in total. The summed E-state index contributed by atoms with van der Waals surface area (Å²) in [6.45, 7) is 13.7. The normalized spacial score (nSPS) is 20.4. The van der Waals surface area contributed by atoms with Gasteiger partial charge in [-0.3, -0.25) is 0 Å². The van der Waals surface area contributed by atoms with E-state index in [1.165, 1.54) is 49.7 Å². The lowest BCUT2D eigenvalue weighted by Crippen LogP contribution is -2.29. The molecule has 1 aromatic heterocycles. The smallest absolute Gasteiger partial charge is 0.114 e. The lowest BCUT2D eigenvalue weighted by atomic mass is 9.95. The number of aromatic nitrogens is 2. The molecule has 0 bridgehead atoms. The fourth-order valence-electron chi connectivity index (χ4n) is 3.43. The summed E-state index contributed by atoms with van der Waals surface area (Å²) in [4.78, 5) is 7.55. The van der Waals surface area contributed by atoms with Crippen LogP contribution in [0.3, 0.4) is 0 Å².